The van der Waals surface area contributed by atoms with E-state index in [1.165, 1.54) is 13.2 Å². The lowest BCUT2D eigenvalue weighted by Crippen LogP contribution is -2.60. The van der Waals surface area contributed by atoms with Crippen molar-refractivity contribution in [2.24, 2.45) is 0 Å². The van der Waals surface area contributed by atoms with Gasteiger partial charge in [0, 0.05) is 12.2 Å². The molecule has 198 valence electrons. The average molecular weight is 509 g/mol. The number of aliphatic hydroxyl groups excluding tert-OH is 6. The number of ether oxygens (including phenoxy) is 4. The van der Waals surface area contributed by atoms with Crippen LogP contribution in [0.2, 0.25) is 0 Å². The predicted octanol–water partition coefficient (Wildman–Crippen LogP) is -0.286. The molecule has 0 unspecified atom stereocenters. The van der Waals surface area contributed by atoms with Gasteiger partial charge in [0.25, 0.3) is 0 Å². The molecule has 1 fully saturated rings. The number of methoxy groups -OCH3 is 1. The van der Waals surface area contributed by atoms with Crippen LogP contribution in [0, 0.1) is 0 Å². The molecular formula is C25H32O11. The molecule has 7 N–H and O–H groups in total. The molecule has 2 heterocycles. The fourth-order valence-corrected chi connectivity index (χ4v) is 4.63. The first kappa shape index (κ1) is 26.4. The zero-order chi connectivity index (χ0) is 26.0. The minimum atomic E-state index is -1.62. The first-order valence-corrected chi connectivity index (χ1v) is 11.7. The van der Waals surface area contributed by atoms with Gasteiger partial charge in [-0.25, -0.2) is 0 Å². The molecule has 0 aromatic heterocycles. The highest BCUT2D eigenvalue weighted by Gasteiger charge is 2.46. The summed E-state index contributed by atoms with van der Waals surface area (Å²) >= 11 is 0. The smallest absolute Gasteiger partial charge is 0.229 e. The second kappa shape index (κ2) is 11.2. The highest BCUT2D eigenvalue weighted by molar-refractivity contribution is 5.56. The third kappa shape index (κ3) is 4.96. The Labute approximate surface area is 207 Å². The second-order valence-corrected chi connectivity index (χ2v) is 8.91. The maximum absolute atomic E-state index is 10.5. The number of hydrogen-bond acceptors (Lipinski definition) is 11. The lowest BCUT2D eigenvalue weighted by molar-refractivity contribution is -0.277. The summed E-state index contributed by atoms with van der Waals surface area (Å²) in [5, 5.41) is 69.7. The van der Waals surface area contributed by atoms with Gasteiger partial charge in [-0.1, -0.05) is 12.1 Å². The standard InChI is InChI=1S/C25H32O11/c1-33-17-9-13(4-5-16(17)29)23-15(10-27)14-7-12(3-2-6-26)8-18(24(14)36-23)34-25-22(32)21(31)20(30)19(11-28)35-25/h4-5,7-9,15,19-23,25-32H,2-3,6,10-11H2,1H3/t15-,19+,20-,21+,22+,23+,25+/m0/s1. The summed E-state index contributed by atoms with van der Waals surface area (Å²) in [6.45, 7) is -0.910. The molecule has 0 saturated carbocycles. The molecule has 2 aromatic rings. The van der Waals surface area contributed by atoms with Crippen LogP contribution in [0.3, 0.4) is 0 Å². The van der Waals surface area contributed by atoms with Gasteiger partial charge in [0.1, 0.15) is 30.5 Å². The van der Waals surface area contributed by atoms with Crippen molar-refractivity contribution in [3.05, 3.63) is 47.0 Å². The molecule has 0 bridgehead atoms. The van der Waals surface area contributed by atoms with E-state index in [-0.39, 0.29) is 36.2 Å². The largest absolute Gasteiger partial charge is 0.504 e. The third-order valence-electron chi connectivity index (χ3n) is 6.60. The maximum atomic E-state index is 10.5. The van der Waals surface area contributed by atoms with Crippen LogP contribution in [0.4, 0.5) is 0 Å². The molecule has 11 heteroatoms. The number of phenolic OH excluding ortho intramolecular Hbond substituents is 1. The van der Waals surface area contributed by atoms with E-state index in [1.807, 2.05) is 6.07 Å². The van der Waals surface area contributed by atoms with Crippen LogP contribution in [0.5, 0.6) is 23.0 Å². The Balaban J connectivity index is 1.71. The number of rotatable bonds is 9. The minimum absolute atomic E-state index is 0.0319. The third-order valence-corrected chi connectivity index (χ3v) is 6.60. The molecule has 2 aliphatic heterocycles. The van der Waals surface area contributed by atoms with Gasteiger partial charge in [0.2, 0.25) is 6.29 Å². The first-order valence-electron chi connectivity index (χ1n) is 11.7. The van der Waals surface area contributed by atoms with E-state index in [9.17, 15) is 35.7 Å². The van der Waals surface area contributed by atoms with E-state index in [2.05, 4.69) is 0 Å². The van der Waals surface area contributed by atoms with Crippen molar-refractivity contribution in [1.29, 1.82) is 0 Å². The Bertz CT molecular complexity index is 1040. The van der Waals surface area contributed by atoms with Gasteiger partial charge in [-0.3, -0.25) is 0 Å². The van der Waals surface area contributed by atoms with Crippen LogP contribution in [-0.2, 0) is 11.2 Å². The fourth-order valence-electron chi connectivity index (χ4n) is 4.63. The summed E-state index contributed by atoms with van der Waals surface area (Å²) in [4.78, 5) is 0. The van der Waals surface area contributed by atoms with E-state index < -0.39 is 49.3 Å². The van der Waals surface area contributed by atoms with E-state index >= 15 is 0 Å². The van der Waals surface area contributed by atoms with E-state index in [4.69, 9.17) is 18.9 Å². The zero-order valence-electron chi connectivity index (χ0n) is 19.7. The SMILES string of the molecule is COc1cc([C@H]2Oc3c(O[C@@H]4O[C@H](CO)[C@H](O)[C@@H](O)[C@H]4O)cc(CCCO)cc3[C@@H]2CO)ccc1O. The highest BCUT2D eigenvalue weighted by Crippen LogP contribution is 2.52. The van der Waals surface area contributed by atoms with Gasteiger partial charge in [-0.05, 0) is 42.2 Å². The topological polar surface area (TPSA) is 179 Å². The first-order chi connectivity index (χ1) is 17.3. The number of hydrogen-bond donors (Lipinski definition) is 7. The van der Waals surface area contributed by atoms with E-state index in [0.717, 1.165) is 5.56 Å². The Morgan fingerprint density at radius 3 is 2.36 bits per heavy atom. The lowest BCUT2D eigenvalue weighted by atomic mass is 9.90. The monoisotopic (exact) mass is 508 g/mol. The number of aliphatic hydroxyl groups is 6. The molecule has 0 spiro atoms. The van der Waals surface area contributed by atoms with Crippen molar-refractivity contribution in [2.75, 3.05) is 26.9 Å². The normalized spacial score (nSPS) is 29.5. The summed E-state index contributed by atoms with van der Waals surface area (Å²) in [7, 11) is 1.42. The van der Waals surface area contributed by atoms with E-state index in [1.54, 1.807) is 18.2 Å². The maximum Gasteiger partial charge on any atom is 0.229 e. The molecule has 0 aliphatic carbocycles. The molecule has 4 rings (SSSR count). The minimum Gasteiger partial charge on any atom is -0.504 e. The summed E-state index contributed by atoms with van der Waals surface area (Å²) in [6.07, 6.45) is -7.04. The van der Waals surface area contributed by atoms with Crippen molar-refractivity contribution in [2.45, 2.75) is 55.6 Å². The molecule has 2 aromatic carbocycles. The summed E-state index contributed by atoms with van der Waals surface area (Å²) in [6, 6.07) is 8.24. The molecule has 2 aliphatic rings. The molecule has 1 saturated heterocycles. The van der Waals surface area contributed by atoms with Gasteiger partial charge >= 0.3 is 0 Å². The zero-order valence-corrected chi connectivity index (χ0v) is 19.7. The molecule has 11 nitrogen and oxygen atoms in total. The molecular weight excluding hydrogens is 476 g/mol. The van der Waals surface area contributed by atoms with Crippen molar-refractivity contribution >= 4 is 0 Å². The summed E-state index contributed by atoms with van der Waals surface area (Å²) < 4.78 is 22.9. The van der Waals surface area contributed by atoms with Crippen LogP contribution in [-0.4, -0.2) is 93.4 Å². The van der Waals surface area contributed by atoms with Crippen molar-refractivity contribution in [3.8, 4) is 23.0 Å². The number of phenols is 1. The predicted molar refractivity (Wildman–Crippen MR) is 124 cm³/mol. The van der Waals surface area contributed by atoms with Crippen LogP contribution in [0.15, 0.2) is 30.3 Å². The summed E-state index contributed by atoms with van der Waals surface area (Å²) in [5.74, 6) is 0.133. The second-order valence-electron chi connectivity index (χ2n) is 8.91. The van der Waals surface area contributed by atoms with Gasteiger partial charge < -0.3 is 54.7 Å². The highest BCUT2D eigenvalue weighted by atomic mass is 16.7. The lowest BCUT2D eigenvalue weighted by Gasteiger charge is -2.39. The number of aromatic hydroxyl groups is 1. The molecule has 0 amide bonds. The quantitative estimate of drug-likeness (QED) is 0.237. The van der Waals surface area contributed by atoms with Crippen molar-refractivity contribution in [3.63, 3.8) is 0 Å². The van der Waals surface area contributed by atoms with Crippen LogP contribution >= 0.6 is 0 Å². The van der Waals surface area contributed by atoms with Gasteiger partial charge in [-0.2, -0.15) is 0 Å². The van der Waals surface area contributed by atoms with Gasteiger partial charge in [0.15, 0.2) is 23.0 Å². The van der Waals surface area contributed by atoms with Crippen molar-refractivity contribution in [1.82, 2.24) is 0 Å². The Hall–Kier alpha value is -2.64. The number of aryl methyl sites for hydroxylation is 1. The summed E-state index contributed by atoms with van der Waals surface area (Å²) in [5.41, 5.74) is 2.04. The van der Waals surface area contributed by atoms with Crippen LogP contribution in [0.25, 0.3) is 0 Å². The average Bonchev–Trinajstić information content (AvgIpc) is 3.26. The molecule has 36 heavy (non-hydrogen) atoms. The van der Waals surface area contributed by atoms with Crippen LogP contribution < -0.4 is 14.2 Å². The Kier molecular flexibility index (Phi) is 8.20. The van der Waals surface area contributed by atoms with E-state index in [0.29, 0.717) is 24.0 Å². The fraction of sp³-hybridized carbons (Fsp3) is 0.520. The van der Waals surface area contributed by atoms with Gasteiger partial charge in [0.05, 0.1) is 26.2 Å². The molecule has 0 radical (unpaired) electrons. The number of fused-ring (bicyclic) bond motifs is 1. The number of benzene rings is 2. The van der Waals surface area contributed by atoms with Crippen molar-refractivity contribution < 1.29 is 54.7 Å². The van der Waals surface area contributed by atoms with Crippen LogP contribution in [0.1, 0.15) is 35.1 Å². The molecule has 7 atom stereocenters. The Morgan fingerprint density at radius 2 is 1.69 bits per heavy atom. The van der Waals surface area contributed by atoms with Gasteiger partial charge in [-0.15, -0.1) is 0 Å². The Morgan fingerprint density at radius 1 is 0.917 bits per heavy atom.